The Labute approximate surface area is 126 Å². The van der Waals surface area contributed by atoms with Crippen LogP contribution in [0.15, 0.2) is 12.4 Å². The Morgan fingerprint density at radius 1 is 1.29 bits per heavy atom. The average molecular weight is 291 g/mol. The lowest BCUT2D eigenvalue weighted by Crippen LogP contribution is -2.44. The summed E-state index contributed by atoms with van der Waals surface area (Å²) in [5, 5.41) is 6.39. The Morgan fingerprint density at radius 2 is 2.00 bits per heavy atom. The lowest BCUT2D eigenvalue weighted by molar-refractivity contribution is -0.132. The smallest absolute Gasteiger partial charge is 0.244 e. The molecule has 1 aromatic rings. The minimum atomic E-state index is -0.267. The summed E-state index contributed by atoms with van der Waals surface area (Å²) in [7, 11) is 0. The maximum absolute atomic E-state index is 12.4. The van der Waals surface area contributed by atoms with Gasteiger partial charge in [-0.15, -0.1) is 0 Å². The highest BCUT2D eigenvalue weighted by molar-refractivity contribution is 5.84. The number of anilines is 2. The van der Waals surface area contributed by atoms with Crippen LogP contribution in [-0.4, -0.2) is 46.5 Å². The largest absolute Gasteiger partial charge is 0.370 e. The van der Waals surface area contributed by atoms with E-state index in [0.717, 1.165) is 44.7 Å². The topological polar surface area (TPSA) is 70.2 Å². The molecule has 6 heteroatoms. The number of carbonyl (C=O) groups excluding carboxylic acids is 1. The van der Waals surface area contributed by atoms with E-state index in [1.165, 1.54) is 12.7 Å². The van der Waals surface area contributed by atoms with Crippen LogP contribution < -0.4 is 10.6 Å². The summed E-state index contributed by atoms with van der Waals surface area (Å²) in [5.74, 6) is 1.62. The summed E-state index contributed by atoms with van der Waals surface area (Å²) in [4.78, 5) is 22.7. The fraction of sp³-hybridized carbons (Fsp3) is 0.667. The minimum absolute atomic E-state index is 0.149. The zero-order valence-electron chi connectivity index (χ0n) is 12.9. The maximum Gasteiger partial charge on any atom is 0.244 e. The molecule has 1 fully saturated rings. The van der Waals surface area contributed by atoms with E-state index in [9.17, 15) is 4.79 Å². The van der Waals surface area contributed by atoms with Gasteiger partial charge in [0.25, 0.3) is 0 Å². The van der Waals surface area contributed by atoms with E-state index in [-0.39, 0.29) is 11.9 Å². The maximum atomic E-state index is 12.4. The van der Waals surface area contributed by atoms with Gasteiger partial charge in [0.1, 0.15) is 24.0 Å². The van der Waals surface area contributed by atoms with E-state index in [1.54, 1.807) is 0 Å². The highest BCUT2D eigenvalue weighted by Gasteiger charge is 2.22. The number of rotatable bonds is 6. The predicted molar refractivity (Wildman–Crippen MR) is 84.3 cm³/mol. The predicted octanol–water partition coefficient (Wildman–Crippen LogP) is 2.11. The number of hydrogen-bond donors (Lipinski definition) is 2. The molecule has 0 radical (unpaired) electrons. The number of nitrogens with zero attached hydrogens (tertiary/aromatic N) is 3. The van der Waals surface area contributed by atoms with Crippen LogP contribution in [0.2, 0.25) is 0 Å². The molecule has 116 valence electrons. The Morgan fingerprint density at radius 3 is 2.71 bits per heavy atom. The number of likely N-dealkylation sites (tertiary alicyclic amines) is 1. The summed E-state index contributed by atoms with van der Waals surface area (Å²) in [5.41, 5.74) is 0. The molecule has 1 aromatic heterocycles. The molecule has 1 unspecified atom stereocenters. The van der Waals surface area contributed by atoms with Crippen molar-refractivity contribution in [2.24, 2.45) is 0 Å². The first-order chi connectivity index (χ1) is 10.2. The molecular weight excluding hydrogens is 266 g/mol. The van der Waals surface area contributed by atoms with Crippen molar-refractivity contribution in [3.05, 3.63) is 12.4 Å². The van der Waals surface area contributed by atoms with Crippen molar-refractivity contribution in [2.45, 2.75) is 45.6 Å². The first kappa shape index (κ1) is 15.5. The van der Waals surface area contributed by atoms with Crippen LogP contribution in [-0.2, 0) is 4.79 Å². The third kappa shape index (κ3) is 4.58. The molecule has 2 N–H and O–H groups in total. The molecule has 6 nitrogen and oxygen atoms in total. The van der Waals surface area contributed by atoms with Crippen molar-refractivity contribution in [3.8, 4) is 0 Å². The van der Waals surface area contributed by atoms with Gasteiger partial charge in [-0.3, -0.25) is 4.79 Å². The molecule has 1 atom stereocenters. The third-order valence-corrected chi connectivity index (χ3v) is 3.63. The lowest BCUT2D eigenvalue weighted by Gasteiger charge is -2.29. The van der Waals surface area contributed by atoms with Crippen LogP contribution in [0.25, 0.3) is 0 Å². The minimum Gasteiger partial charge on any atom is -0.370 e. The van der Waals surface area contributed by atoms with E-state index in [2.05, 4.69) is 27.5 Å². The van der Waals surface area contributed by atoms with E-state index >= 15 is 0 Å². The molecular formula is C15H25N5O. The molecule has 1 aliphatic rings. The second-order valence-electron chi connectivity index (χ2n) is 5.47. The van der Waals surface area contributed by atoms with Gasteiger partial charge in [0.2, 0.25) is 5.91 Å². The molecule has 21 heavy (non-hydrogen) atoms. The van der Waals surface area contributed by atoms with E-state index in [0.29, 0.717) is 5.82 Å². The van der Waals surface area contributed by atoms with Gasteiger partial charge in [-0.25, -0.2) is 9.97 Å². The number of carbonyl (C=O) groups is 1. The van der Waals surface area contributed by atoms with E-state index in [1.807, 2.05) is 17.9 Å². The third-order valence-electron chi connectivity index (χ3n) is 3.63. The molecule has 2 rings (SSSR count). The first-order valence-corrected chi connectivity index (χ1v) is 7.82. The van der Waals surface area contributed by atoms with Crippen LogP contribution in [0.3, 0.4) is 0 Å². The van der Waals surface area contributed by atoms with Crippen LogP contribution in [0, 0.1) is 0 Å². The zero-order valence-corrected chi connectivity index (χ0v) is 12.9. The van der Waals surface area contributed by atoms with Gasteiger partial charge in [-0.2, -0.15) is 0 Å². The van der Waals surface area contributed by atoms with Gasteiger partial charge in [0.15, 0.2) is 0 Å². The number of nitrogens with one attached hydrogen (secondary N) is 2. The highest BCUT2D eigenvalue weighted by Crippen LogP contribution is 2.13. The average Bonchev–Trinajstić information content (AvgIpc) is 2.53. The van der Waals surface area contributed by atoms with E-state index in [4.69, 9.17) is 0 Å². The van der Waals surface area contributed by atoms with Crippen molar-refractivity contribution in [1.82, 2.24) is 14.9 Å². The Hall–Kier alpha value is -1.85. The monoisotopic (exact) mass is 291 g/mol. The Bertz CT molecular complexity index is 459. The fourth-order valence-corrected chi connectivity index (χ4v) is 2.46. The van der Waals surface area contributed by atoms with Gasteiger partial charge < -0.3 is 15.5 Å². The molecule has 0 spiro atoms. The lowest BCUT2D eigenvalue weighted by atomic mass is 10.1. The Kier molecular flexibility index (Phi) is 5.78. The van der Waals surface area contributed by atoms with Crippen molar-refractivity contribution in [2.75, 3.05) is 30.3 Å². The van der Waals surface area contributed by atoms with Gasteiger partial charge in [0.05, 0.1) is 0 Å². The van der Waals surface area contributed by atoms with Gasteiger partial charge in [-0.05, 0) is 32.6 Å². The Balaban J connectivity index is 1.91. The van der Waals surface area contributed by atoms with Gasteiger partial charge in [-0.1, -0.05) is 6.92 Å². The zero-order chi connectivity index (χ0) is 15.1. The van der Waals surface area contributed by atoms with Crippen molar-refractivity contribution < 1.29 is 4.79 Å². The molecule has 1 amide bonds. The SMILES string of the molecule is CCCNc1cc(NC(C)C(=O)N2CCCCC2)ncn1. The van der Waals surface area contributed by atoms with Crippen LogP contribution in [0.5, 0.6) is 0 Å². The first-order valence-electron chi connectivity index (χ1n) is 7.82. The summed E-state index contributed by atoms with van der Waals surface area (Å²) < 4.78 is 0. The number of aromatic nitrogens is 2. The number of amides is 1. The highest BCUT2D eigenvalue weighted by atomic mass is 16.2. The van der Waals surface area contributed by atoms with Crippen LogP contribution in [0.4, 0.5) is 11.6 Å². The molecule has 0 bridgehead atoms. The van der Waals surface area contributed by atoms with Gasteiger partial charge in [0, 0.05) is 25.7 Å². The van der Waals surface area contributed by atoms with Crippen molar-refractivity contribution in [3.63, 3.8) is 0 Å². The molecule has 1 aliphatic heterocycles. The fourth-order valence-electron chi connectivity index (χ4n) is 2.46. The molecule has 0 saturated carbocycles. The molecule has 0 aromatic carbocycles. The van der Waals surface area contributed by atoms with Crippen LogP contribution >= 0.6 is 0 Å². The second kappa shape index (κ2) is 7.81. The summed E-state index contributed by atoms with van der Waals surface area (Å²) in [6.07, 6.45) is 5.99. The number of piperidine rings is 1. The summed E-state index contributed by atoms with van der Waals surface area (Å²) in [6, 6.07) is 1.58. The van der Waals surface area contributed by atoms with Crippen molar-refractivity contribution in [1.29, 1.82) is 0 Å². The van der Waals surface area contributed by atoms with E-state index < -0.39 is 0 Å². The summed E-state index contributed by atoms with van der Waals surface area (Å²) in [6.45, 7) is 6.61. The van der Waals surface area contributed by atoms with Crippen molar-refractivity contribution >= 4 is 17.5 Å². The quantitative estimate of drug-likeness (QED) is 0.840. The van der Waals surface area contributed by atoms with Crippen LogP contribution in [0.1, 0.15) is 39.5 Å². The normalized spacial score (nSPS) is 16.4. The standard InChI is InChI=1S/C15H25N5O/c1-3-7-16-13-10-14(18-11-17-13)19-12(2)15(21)20-8-5-4-6-9-20/h10-12H,3-9H2,1-2H3,(H2,16,17,18,19). The summed E-state index contributed by atoms with van der Waals surface area (Å²) >= 11 is 0. The molecule has 2 heterocycles. The molecule has 0 aliphatic carbocycles. The second-order valence-corrected chi connectivity index (χ2v) is 5.47. The van der Waals surface area contributed by atoms with Gasteiger partial charge >= 0.3 is 0 Å². The number of hydrogen-bond acceptors (Lipinski definition) is 5. The molecule has 1 saturated heterocycles.